The van der Waals surface area contributed by atoms with E-state index in [1.54, 1.807) is 6.92 Å². The van der Waals surface area contributed by atoms with E-state index in [1.165, 1.54) is 0 Å². The zero-order valence-electron chi connectivity index (χ0n) is 17.1. The van der Waals surface area contributed by atoms with Crippen LogP contribution in [-0.2, 0) is 14.4 Å². The zero-order valence-corrected chi connectivity index (χ0v) is 20.8. The fourth-order valence-electron chi connectivity index (χ4n) is 5.17. The van der Waals surface area contributed by atoms with Gasteiger partial charge in [-0.1, -0.05) is 29.4 Å². The van der Waals surface area contributed by atoms with Crippen LogP contribution in [0.1, 0.15) is 46.5 Å². The maximum Gasteiger partial charge on any atom is 0.417 e. The Kier molecular flexibility index (Phi) is 8.93. The highest BCUT2D eigenvalue weighted by Crippen LogP contribution is 2.56. The predicted octanol–water partition coefficient (Wildman–Crippen LogP) is 6.37. The van der Waals surface area contributed by atoms with Gasteiger partial charge in [0.15, 0.2) is 5.60 Å². The van der Waals surface area contributed by atoms with Gasteiger partial charge in [0.25, 0.3) is 0 Å². The molecule has 170 valence electrons. The van der Waals surface area contributed by atoms with Gasteiger partial charge in [-0.25, -0.2) is 4.89 Å². The summed E-state index contributed by atoms with van der Waals surface area (Å²) in [4.78, 5) is 5.14. The van der Waals surface area contributed by atoms with Crippen molar-refractivity contribution in [1.82, 2.24) is 0 Å². The van der Waals surface area contributed by atoms with Gasteiger partial charge in [-0.3, -0.25) is 5.26 Å². The normalized spacial score (nSPS) is 36.6. The van der Waals surface area contributed by atoms with Crippen molar-refractivity contribution in [3.8, 4) is 0 Å². The number of hydrogen-bond acceptors (Lipinski definition) is 4. The lowest BCUT2D eigenvalue weighted by atomic mass is 9.57. The topological polar surface area (TPSA) is 47.9 Å². The third-order valence-electron chi connectivity index (χ3n) is 7.09. The highest BCUT2D eigenvalue weighted by Gasteiger charge is 2.64. The summed E-state index contributed by atoms with van der Waals surface area (Å²) in [5.74, 6) is -1.65. The smallest absolute Gasteiger partial charge is 0.375 e. The van der Waals surface area contributed by atoms with Crippen molar-refractivity contribution >= 4 is 38.5 Å². The summed E-state index contributed by atoms with van der Waals surface area (Å²) in [5.41, 5.74) is -3.60. The molecule has 0 aromatic heterocycles. The summed E-state index contributed by atoms with van der Waals surface area (Å²) in [6.07, 6.45) is -2.00. The summed E-state index contributed by atoms with van der Waals surface area (Å²) in [5, 5.41) is 10.4. The number of allylic oxidation sites excluding steroid dienone is 1. The number of rotatable bonds is 7. The molecule has 1 aliphatic heterocycles. The van der Waals surface area contributed by atoms with Gasteiger partial charge in [-0.2, -0.15) is 13.2 Å². The van der Waals surface area contributed by atoms with E-state index < -0.39 is 29.2 Å². The lowest BCUT2D eigenvalue weighted by molar-refractivity contribution is -0.385. The van der Waals surface area contributed by atoms with Crippen LogP contribution in [0.15, 0.2) is 10.2 Å². The average Bonchev–Trinajstić information content (AvgIpc) is 2.83. The molecule has 1 aliphatic carbocycles. The molecular formula is C20H31BrF3IO4. The van der Waals surface area contributed by atoms with Crippen LogP contribution in [0.4, 0.5) is 13.2 Å². The van der Waals surface area contributed by atoms with Crippen molar-refractivity contribution < 1.29 is 32.8 Å². The maximum atomic E-state index is 14.1. The first-order valence-corrected chi connectivity index (χ1v) is 12.2. The number of halogens is 5. The molecule has 7 atom stereocenters. The summed E-state index contributed by atoms with van der Waals surface area (Å²) < 4.78 is 54.7. The van der Waals surface area contributed by atoms with Crippen molar-refractivity contribution in [3.05, 3.63) is 10.2 Å². The van der Waals surface area contributed by atoms with Gasteiger partial charge >= 0.3 is 6.18 Å². The summed E-state index contributed by atoms with van der Waals surface area (Å²) in [6.45, 7) is 8.66. The third kappa shape index (κ3) is 4.99. The minimum Gasteiger partial charge on any atom is -0.375 e. The van der Waals surface area contributed by atoms with Crippen LogP contribution in [0.25, 0.3) is 0 Å². The van der Waals surface area contributed by atoms with Gasteiger partial charge in [0.2, 0.25) is 0 Å². The second-order valence-electron chi connectivity index (χ2n) is 8.52. The van der Waals surface area contributed by atoms with Crippen LogP contribution in [0.3, 0.4) is 0 Å². The summed E-state index contributed by atoms with van der Waals surface area (Å²) >= 11 is 5.33. The maximum absolute atomic E-state index is 14.1. The minimum atomic E-state index is -4.57. The molecule has 0 aromatic rings. The van der Waals surface area contributed by atoms with Crippen molar-refractivity contribution in [2.75, 3.05) is 18.5 Å². The second-order valence-corrected chi connectivity index (χ2v) is 10.7. The van der Waals surface area contributed by atoms with Gasteiger partial charge < -0.3 is 9.47 Å². The fraction of sp³-hybridized carbons (Fsp3) is 0.900. The molecule has 2 aliphatic rings. The van der Waals surface area contributed by atoms with Crippen LogP contribution >= 0.6 is 38.5 Å². The average molecular weight is 599 g/mol. The number of ether oxygens (including phenoxy) is 2. The first-order chi connectivity index (χ1) is 13.4. The molecule has 1 saturated heterocycles. The van der Waals surface area contributed by atoms with Crippen LogP contribution < -0.4 is 0 Å². The lowest BCUT2D eigenvalue weighted by Crippen LogP contribution is -2.63. The predicted molar refractivity (Wildman–Crippen MR) is 117 cm³/mol. The monoisotopic (exact) mass is 598 g/mol. The molecule has 4 nitrogen and oxygen atoms in total. The van der Waals surface area contributed by atoms with Crippen molar-refractivity contribution in [2.45, 2.75) is 69.9 Å². The standard InChI is InChI=1S/C20H31BrF3IO4/c1-12-5-7-17-15(14(3)25)6-8-16(19(17,29-26)11-27-12)13(2)18(4,20(22,23)24)28-10-9-21/h12-13,15-17,26H,3,5-11H2,1-2,4H3/t12-,13+,15-,16-,17?,18-,19-/m0/s1. The van der Waals surface area contributed by atoms with Crippen LogP contribution in [0.5, 0.6) is 0 Å². The van der Waals surface area contributed by atoms with E-state index in [1.807, 2.05) is 6.92 Å². The van der Waals surface area contributed by atoms with E-state index in [2.05, 4.69) is 45.1 Å². The molecule has 0 radical (unpaired) electrons. The second kappa shape index (κ2) is 10.0. The Balaban J connectivity index is 2.50. The van der Waals surface area contributed by atoms with E-state index in [0.29, 0.717) is 24.6 Å². The summed E-state index contributed by atoms with van der Waals surface area (Å²) in [6, 6.07) is 0. The molecule has 0 aromatic carbocycles. The van der Waals surface area contributed by atoms with Gasteiger partial charge in [-0.05, 0) is 83.5 Å². The molecular weight excluding hydrogens is 568 g/mol. The van der Waals surface area contributed by atoms with Crippen LogP contribution in [-0.4, -0.2) is 47.3 Å². The molecule has 2 fully saturated rings. The van der Waals surface area contributed by atoms with Crippen LogP contribution in [0.2, 0.25) is 0 Å². The Bertz CT molecular complexity index is 578. The molecule has 1 N–H and O–H groups in total. The van der Waals surface area contributed by atoms with Crippen molar-refractivity contribution in [3.63, 3.8) is 0 Å². The zero-order chi connectivity index (χ0) is 22.0. The third-order valence-corrected chi connectivity index (χ3v) is 8.22. The number of hydrogen-bond donors (Lipinski definition) is 1. The first kappa shape index (κ1) is 25.8. The molecule has 2 rings (SSSR count). The largest absolute Gasteiger partial charge is 0.417 e. The van der Waals surface area contributed by atoms with Gasteiger partial charge in [0, 0.05) is 11.2 Å². The lowest BCUT2D eigenvalue weighted by Gasteiger charge is -2.54. The molecule has 29 heavy (non-hydrogen) atoms. The van der Waals surface area contributed by atoms with Gasteiger partial charge in [-0.15, -0.1) is 0 Å². The summed E-state index contributed by atoms with van der Waals surface area (Å²) in [7, 11) is 0. The van der Waals surface area contributed by atoms with Gasteiger partial charge in [0.1, 0.15) is 5.60 Å². The first-order valence-electron chi connectivity index (χ1n) is 9.99. The van der Waals surface area contributed by atoms with E-state index in [9.17, 15) is 18.4 Å². The van der Waals surface area contributed by atoms with E-state index >= 15 is 0 Å². The molecule has 1 heterocycles. The quantitative estimate of drug-likeness (QED) is 0.160. The number of fused-ring (bicyclic) bond motifs is 1. The highest BCUT2D eigenvalue weighted by atomic mass is 127. The van der Waals surface area contributed by atoms with Crippen LogP contribution in [0, 0.1) is 23.7 Å². The highest BCUT2D eigenvalue weighted by molar-refractivity contribution is 14.1. The Hall–Kier alpha value is 0.580. The molecule has 9 heteroatoms. The Morgan fingerprint density at radius 1 is 1.34 bits per heavy atom. The van der Waals surface area contributed by atoms with Crippen molar-refractivity contribution in [1.29, 1.82) is 0 Å². The molecule has 1 unspecified atom stereocenters. The molecule has 0 spiro atoms. The minimum absolute atomic E-state index is 0.0506. The van der Waals surface area contributed by atoms with E-state index in [4.69, 9.17) is 14.4 Å². The molecule has 0 amide bonds. The van der Waals surface area contributed by atoms with E-state index in [-0.39, 0.29) is 31.2 Å². The number of alkyl halides is 4. The van der Waals surface area contributed by atoms with Crippen molar-refractivity contribution in [2.24, 2.45) is 23.7 Å². The fourth-order valence-corrected chi connectivity index (χ4v) is 6.07. The van der Waals surface area contributed by atoms with E-state index in [0.717, 1.165) is 16.9 Å². The Morgan fingerprint density at radius 3 is 2.52 bits per heavy atom. The molecule has 1 saturated carbocycles. The SMILES string of the molecule is C=C(I)[C@@H]1CC[C@@H]([C@@H](C)[C@](C)(OCCBr)C(F)(F)F)[C@@]2(OO)CO[C@@H](C)CCC12. The molecule has 0 bridgehead atoms. The Labute approximate surface area is 193 Å². The van der Waals surface area contributed by atoms with Gasteiger partial charge in [0.05, 0.1) is 19.3 Å². The Morgan fingerprint density at radius 2 is 2.00 bits per heavy atom.